The lowest BCUT2D eigenvalue weighted by atomic mass is 9.97. The second-order valence-electron chi connectivity index (χ2n) is 8.71. The fraction of sp³-hybridized carbons (Fsp3) is 0.250. The van der Waals surface area contributed by atoms with Gasteiger partial charge in [-0.05, 0) is 24.3 Å². The van der Waals surface area contributed by atoms with E-state index in [9.17, 15) is 4.39 Å². The predicted octanol–water partition coefficient (Wildman–Crippen LogP) is 5.22. The van der Waals surface area contributed by atoms with E-state index in [1.165, 1.54) is 0 Å². The van der Waals surface area contributed by atoms with Gasteiger partial charge < -0.3 is 24.5 Å². The quantitative estimate of drug-likeness (QED) is 0.413. The molecule has 0 spiro atoms. The zero-order valence-corrected chi connectivity index (χ0v) is 18.9. The number of fused-ring (bicyclic) bond motifs is 1. The summed E-state index contributed by atoms with van der Waals surface area (Å²) in [7, 11) is 0. The highest BCUT2D eigenvalue weighted by Crippen LogP contribution is 2.34. The molecule has 4 aromatic rings. The van der Waals surface area contributed by atoms with Crippen LogP contribution < -0.4 is 20.1 Å². The number of para-hydroxylation sites is 1. The number of halogens is 1. The number of rotatable bonds is 5. The number of ether oxygens (including phenoxy) is 2. The number of benzene rings is 2. The molecule has 2 aromatic carbocycles. The van der Waals surface area contributed by atoms with Crippen molar-refractivity contribution in [3.8, 4) is 23.0 Å². The van der Waals surface area contributed by atoms with E-state index in [4.69, 9.17) is 13.9 Å². The Morgan fingerprint density at radius 3 is 2.53 bits per heavy atom. The molecule has 0 radical (unpaired) electrons. The maximum absolute atomic E-state index is 14.5. The van der Waals surface area contributed by atoms with Gasteiger partial charge in [0.1, 0.15) is 13.2 Å². The summed E-state index contributed by atoms with van der Waals surface area (Å²) in [6, 6.07) is 12.7. The summed E-state index contributed by atoms with van der Waals surface area (Å²) in [5.41, 5.74) is 1.65. The van der Waals surface area contributed by atoms with Crippen molar-refractivity contribution in [2.75, 3.05) is 23.8 Å². The van der Waals surface area contributed by atoms with E-state index in [0.29, 0.717) is 53.4 Å². The molecule has 0 amide bonds. The predicted molar refractivity (Wildman–Crippen MR) is 124 cm³/mol. The van der Waals surface area contributed by atoms with Gasteiger partial charge in [-0.3, -0.25) is 0 Å². The fourth-order valence-electron chi connectivity index (χ4n) is 3.31. The van der Waals surface area contributed by atoms with Crippen LogP contribution in [0.1, 0.15) is 26.7 Å². The van der Waals surface area contributed by atoms with Gasteiger partial charge in [0.05, 0.1) is 17.4 Å². The highest BCUT2D eigenvalue weighted by atomic mass is 19.1. The summed E-state index contributed by atoms with van der Waals surface area (Å²) in [6.07, 6.45) is 1.10. The molecule has 9 nitrogen and oxygen atoms in total. The molecule has 3 heterocycles. The molecule has 0 atom stereocenters. The third kappa shape index (κ3) is 4.47. The summed E-state index contributed by atoms with van der Waals surface area (Å²) in [5, 5.41) is 14.4. The van der Waals surface area contributed by atoms with Crippen molar-refractivity contribution in [1.82, 2.24) is 20.2 Å². The molecule has 1 aliphatic rings. The van der Waals surface area contributed by atoms with E-state index >= 15 is 0 Å². The Bertz CT molecular complexity index is 1330. The summed E-state index contributed by atoms with van der Waals surface area (Å²) in [5.74, 6) is 1.75. The van der Waals surface area contributed by atoms with Crippen molar-refractivity contribution in [2.24, 2.45) is 0 Å². The molecule has 34 heavy (non-hydrogen) atoms. The van der Waals surface area contributed by atoms with Crippen LogP contribution in [0.5, 0.6) is 11.5 Å². The first-order chi connectivity index (χ1) is 16.4. The van der Waals surface area contributed by atoms with Crippen LogP contribution in [0, 0.1) is 5.82 Å². The first-order valence-corrected chi connectivity index (χ1v) is 10.8. The third-order valence-corrected chi connectivity index (χ3v) is 5.02. The Hall–Kier alpha value is -4.21. The minimum atomic E-state index is -0.597. The van der Waals surface area contributed by atoms with E-state index in [-0.39, 0.29) is 17.2 Å². The molecular weight excluding hydrogens is 439 g/mol. The third-order valence-electron chi connectivity index (χ3n) is 5.02. The minimum absolute atomic E-state index is 0.0134. The summed E-state index contributed by atoms with van der Waals surface area (Å²) in [4.78, 5) is 8.38. The van der Waals surface area contributed by atoms with Crippen molar-refractivity contribution in [3.05, 3.63) is 60.4 Å². The standard InChI is InChI=1S/C24H23FN6O3/c1-24(2,3)22-31-30-21(34-22)15-6-4-5-7-17(15)28-23-26-13-16(25)20(29-23)27-14-8-9-18-19(12-14)33-11-10-32-18/h4-9,12-13H,10-11H2,1-3H3,(H2,26,27,28,29). The largest absolute Gasteiger partial charge is 0.486 e. The first-order valence-electron chi connectivity index (χ1n) is 10.8. The maximum atomic E-state index is 14.5. The maximum Gasteiger partial charge on any atom is 0.249 e. The minimum Gasteiger partial charge on any atom is -0.486 e. The molecule has 0 unspecified atom stereocenters. The van der Waals surface area contributed by atoms with Gasteiger partial charge in [0.15, 0.2) is 23.1 Å². The van der Waals surface area contributed by atoms with Crippen LogP contribution in [-0.4, -0.2) is 33.4 Å². The van der Waals surface area contributed by atoms with Crippen LogP contribution in [0.3, 0.4) is 0 Å². The molecule has 2 N–H and O–H groups in total. The van der Waals surface area contributed by atoms with E-state index in [2.05, 4.69) is 30.8 Å². The van der Waals surface area contributed by atoms with Crippen LogP contribution in [0.2, 0.25) is 0 Å². The number of nitrogens with zero attached hydrogens (tertiary/aromatic N) is 4. The SMILES string of the molecule is CC(C)(C)c1nnc(-c2ccccc2Nc2ncc(F)c(Nc3ccc4c(c3)OCCO4)n2)o1. The number of nitrogens with one attached hydrogen (secondary N) is 2. The highest BCUT2D eigenvalue weighted by molar-refractivity contribution is 5.75. The Morgan fingerprint density at radius 1 is 0.941 bits per heavy atom. The molecule has 10 heteroatoms. The zero-order chi connectivity index (χ0) is 23.7. The van der Waals surface area contributed by atoms with Crippen molar-refractivity contribution in [1.29, 1.82) is 0 Å². The van der Waals surface area contributed by atoms with Crippen LogP contribution in [0.4, 0.5) is 27.5 Å². The van der Waals surface area contributed by atoms with Crippen molar-refractivity contribution < 1.29 is 18.3 Å². The smallest absolute Gasteiger partial charge is 0.249 e. The summed E-state index contributed by atoms with van der Waals surface area (Å²) < 4.78 is 31.5. The molecule has 5 rings (SSSR count). The van der Waals surface area contributed by atoms with E-state index in [0.717, 1.165) is 6.20 Å². The number of aromatic nitrogens is 4. The Labute approximate surface area is 195 Å². The average Bonchev–Trinajstić information content (AvgIpc) is 3.32. The molecular formula is C24H23FN6O3. The second-order valence-corrected chi connectivity index (χ2v) is 8.71. The number of anilines is 4. The van der Waals surface area contributed by atoms with Crippen molar-refractivity contribution in [3.63, 3.8) is 0 Å². The van der Waals surface area contributed by atoms with Gasteiger partial charge in [-0.15, -0.1) is 10.2 Å². The number of hydrogen-bond donors (Lipinski definition) is 2. The monoisotopic (exact) mass is 462 g/mol. The molecule has 174 valence electrons. The van der Waals surface area contributed by atoms with E-state index in [1.54, 1.807) is 18.2 Å². The summed E-state index contributed by atoms with van der Waals surface area (Å²) in [6.45, 7) is 6.95. The van der Waals surface area contributed by atoms with Gasteiger partial charge >= 0.3 is 0 Å². The molecule has 0 fully saturated rings. The topological polar surface area (TPSA) is 107 Å². The molecule has 0 saturated heterocycles. The first kappa shape index (κ1) is 21.6. The number of hydrogen-bond acceptors (Lipinski definition) is 9. The Kier molecular flexibility index (Phi) is 5.48. The molecule has 0 aliphatic carbocycles. The van der Waals surface area contributed by atoms with Gasteiger partial charge in [0.25, 0.3) is 0 Å². The van der Waals surface area contributed by atoms with Crippen LogP contribution in [0.25, 0.3) is 11.5 Å². The van der Waals surface area contributed by atoms with Gasteiger partial charge in [0, 0.05) is 17.2 Å². The Morgan fingerprint density at radius 2 is 1.74 bits per heavy atom. The lowest BCUT2D eigenvalue weighted by Gasteiger charge is -2.19. The van der Waals surface area contributed by atoms with Crippen molar-refractivity contribution >= 4 is 23.1 Å². The van der Waals surface area contributed by atoms with Gasteiger partial charge in [-0.1, -0.05) is 32.9 Å². The summed E-state index contributed by atoms with van der Waals surface area (Å²) >= 11 is 0. The fourth-order valence-corrected chi connectivity index (χ4v) is 3.31. The normalized spacial score (nSPS) is 12.9. The molecule has 2 aromatic heterocycles. The molecule has 0 bridgehead atoms. The second kappa shape index (κ2) is 8.62. The Balaban J connectivity index is 1.40. The average molecular weight is 462 g/mol. The van der Waals surface area contributed by atoms with Crippen LogP contribution >= 0.6 is 0 Å². The molecule has 1 aliphatic heterocycles. The highest BCUT2D eigenvalue weighted by Gasteiger charge is 2.23. The van der Waals surface area contributed by atoms with Gasteiger partial charge in [-0.2, -0.15) is 4.98 Å². The van der Waals surface area contributed by atoms with Gasteiger partial charge in [0.2, 0.25) is 17.7 Å². The zero-order valence-electron chi connectivity index (χ0n) is 18.9. The van der Waals surface area contributed by atoms with Crippen molar-refractivity contribution in [2.45, 2.75) is 26.2 Å². The van der Waals surface area contributed by atoms with E-state index in [1.807, 2.05) is 45.0 Å². The van der Waals surface area contributed by atoms with Crippen LogP contribution in [-0.2, 0) is 5.41 Å². The van der Waals surface area contributed by atoms with E-state index < -0.39 is 5.82 Å². The van der Waals surface area contributed by atoms with Gasteiger partial charge in [-0.25, -0.2) is 9.37 Å². The lowest BCUT2D eigenvalue weighted by Crippen LogP contribution is -2.15. The lowest BCUT2D eigenvalue weighted by molar-refractivity contribution is 0.171. The molecule has 0 saturated carbocycles. The van der Waals surface area contributed by atoms with Crippen LogP contribution in [0.15, 0.2) is 53.1 Å².